The number of amides is 2. The highest BCUT2D eigenvalue weighted by molar-refractivity contribution is 9.10. The second kappa shape index (κ2) is 14.4. The number of rotatable bonds is 8. The first-order valence-corrected chi connectivity index (χ1v) is 12.5. The maximum atomic E-state index is 11.9. The van der Waals surface area contributed by atoms with Crippen LogP contribution in [0.15, 0.2) is 16.6 Å². The van der Waals surface area contributed by atoms with Gasteiger partial charge < -0.3 is 10.6 Å². The van der Waals surface area contributed by atoms with E-state index in [1.807, 2.05) is 27.7 Å². The zero-order valence-electron chi connectivity index (χ0n) is 16.5. The minimum atomic E-state index is -4.23. The van der Waals surface area contributed by atoms with Crippen LogP contribution in [0.2, 0.25) is 0 Å². The van der Waals surface area contributed by atoms with Crippen molar-refractivity contribution in [2.75, 3.05) is 24.6 Å². The Morgan fingerprint density at radius 2 is 1.17 bits per heavy atom. The summed E-state index contributed by atoms with van der Waals surface area (Å²) < 4.78 is 59.8. The lowest BCUT2D eigenvalue weighted by Crippen LogP contribution is -2.32. The summed E-state index contributed by atoms with van der Waals surface area (Å²) in [6.07, 6.45) is 0. The fourth-order valence-electron chi connectivity index (χ4n) is 1.50. The minimum Gasteiger partial charge on any atom is -0.350 e. The lowest BCUT2D eigenvalue weighted by Gasteiger charge is -2.07. The van der Waals surface area contributed by atoms with E-state index in [0.717, 1.165) is 0 Å². The molecule has 11 nitrogen and oxygen atoms in total. The van der Waals surface area contributed by atoms with Crippen LogP contribution in [-0.4, -0.2) is 67.3 Å². The molecule has 0 atom stereocenters. The monoisotopic (exact) mass is 519 g/mol. The lowest BCUT2D eigenvalue weighted by molar-refractivity contribution is 0.0947. The van der Waals surface area contributed by atoms with Crippen molar-refractivity contribution in [3.63, 3.8) is 0 Å². The van der Waals surface area contributed by atoms with E-state index >= 15 is 0 Å². The summed E-state index contributed by atoms with van der Waals surface area (Å²) in [7, 11) is -8.46. The van der Waals surface area contributed by atoms with Crippen molar-refractivity contribution >= 4 is 48.0 Å². The fourth-order valence-corrected chi connectivity index (χ4v) is 2.65. The first kappa shape index (κ1) is 29.6. The van der Waals surface area contributed by atoms with Crippen LogP contribution in [0.3, 0.4) is 0 Å². The number of aromatic nitrogens is 1. The van der Waals surface area contributed by atoms with Crippen molar-refractivity contribution in [2.45, 2.75) is 27.7 Å². The molecular weight excluding hydrogens is 494 g/mol. The molecule has 0 aliphatic heterocycles. The second-order valence-electron chi connectivity index (χ2n) is 4.64. The highest BCUT2D eigenvalue weighted by atomic mass is 79.9. The summed E-state index contributed by atoms with van der Waals surface area (Å²) in [4.78, 5) is 27.6. The van der Waals surface area contributed by atoms with Gasteiger partial charge in [0.2, 0.25) is 0 Å². The summed E-state index contributed by atoms with van der Waals surface area (Å²) in [5, 5.41) is 4.41. The van der Waals surface area contributed by atoms with Crippen LogP contribution in [0.4, 0.5) is 0 Å². The first-order valence-electron chi connectivity index (χ1n) is 8.52. The highest BCUT2D eigenvalue weighted by Gasteiger charge is 2.15. The first-order chi connectivity index (χ1) is 13.4. The van der Waals surface area contributed by atoms with Crippen LogP contribution < -0.4 is 10.6 Å². The van der Waals surface area contributed by atoms with Gasteiger partial charge in [0.15, 0.2) is 0 Å². The largest absolute Gasteiger partial charge is 0.350 e. The van der Waals surface area contributed by atoms with E-state index in [2.05, 4.69) is 31.5 Å². The normalized spacial score (nSPS) is 10.6. The molecule has 0 aliphatic rings. The summed E-state index contributed by atoms with van der Waals surface area (Å²) in [5.41, 5.74) is -0.408. The molecule has 4 N–H and O–H groups in total. The molecule has 0 fully saturated rings. The van der Waals surface area contributed by atoms with Crippen LogP contribution in [-0.2, 0) is 20.2 Å². The summed E-state index contributed by atoms with van der Waals surface area (Å²) in [6.45, 7) is 7.28. The molecule has 0 unspecified atom stereocenters. The molecule has 1 aromatic heterocycles. The van der Waals surface area contributed by atoms with Crippen molar-refractivity contribution in [2.24, 2.45) is 0 Å². The zero-order valence-corrected chi connectivity index (χ0v) is 19.7. The molecule has 0 spiro atoms. The predicted molar refractivity (Wildman–Crippen MR) is 112 cm³/mol. The van der Waals surface area contributed by atoms with Crippen molar-refractivity contribution in [3.8, 4) is 0 Å². The van der Waals surface area contributed by atoms with Gasteiger partial charge in [0.1, 0.15) is 11.4 Å². The second-order valence-corrected chi connectivity index (χ2v) is 8.70. The maximum Gasteiger partial charge on any atom is 0.269 e. The van der Waals surface area contributed by atoms with Crippen LogP contribution in [0.5, 0.6) is 0 Å². The third-order valence-electron chi connectivity index (χ3n) is 2.55. The number of pyridine rings is 1. The highest BCUT2D eigenvalue weighted by Crippen LogP contribution is 2.13. The average Bonchev–Trinajstić information content (AvgIpc) is 2.62. The summed E-state index contributed by atoms with van der Waals surface area (Å²) in [6, 6.07) is 2.55. The predicted octanol–water partition coefficient (Wildman–Crippen LogP) is 1.13. The summed E-state index contributed by atoms with van der Waals surface area (Å²) in [5.74, 6) is -2.93. The Kier molecular flexibility index (Phi) is 14.7. The molecule has 0 aliphatic carbocycles. The summed E-state index contributed by atoms with van der Waals surface area (Å²) >= 11 is 3.08. The van der Waals surface area contributed by atoms with E-state index in [1.165, 1.54) is 12.1 Å². The Morgan fingerprint density at radius 3 is 1.45 bits per heavy atom. The Balaban J connectivity index is 0. The Hall–Kier alpha value is -1.61. The average molecular weight is 520 g/mol. The number of nitrogens with zero attached hydrogens (tertiary/aromatic N) is 1. The SMILES string of the molecule is CC.CC.O=C(NCCS(=O)(=O)O)c1cc(Br)cc(C(=O)NCCS(=O)(=O)O)n1. The molecule has 29 heavy (non-hydrogen) atoms. The fraction of sp³-hybridized carbons (Fsp3) is 0.533. The molecule has 14 heteroatoms. The molecule has 0 bridgehead atoms. The van der Waals surface area contributed by atoms with Crippen molar-refractivity contribution in [1.82, 2.24) is 15.6 Å². The quantitative estimate of drug-likeness (QED) is 0.366. The van der Waals surface area contributed by atoms with Gasteiger partial charge in [-0.2, -0.15) is 16.8 Å². The molecule has 1 heterocycles. The van der Waals surface area contributed by atoms with E-state index in [1.54, 1.807) is 0 Å². The van der Waals surface area contributed by atoms with Crippen LogP contribution in [0.1, 0.15) is 48.7 Å². The van der Waals surface area contributed by atoms with Crippen LogP contribution in [0, 0.1) is 0 Å². The van der Waals surface area contributed by atoms with Gasteiger partial charge in [-0.1, -0.05) is 43.6 Å². The van der Waals surface area contributed by atoms with Gasteiger partial charge in [0.25, 0.3) is 32.1 Å². The Labute approximate surface area is 179 Å². The van der Waals surface area contributed by atoms with Gasteiger partial charge in [0, 0.05) is 17.6 Å². The Morgan fingerprint density at radius 1 is 0.862 bits per heavy atom. The molecule has 168 valence electrons. The minimum absolute atomic E-state index is 0.204. The molecule has 2 amide bonds. The maximum absolute atomic E-state index is 11.9. The van der Waals surface area contributed by atoms with E-state index < -0.39 is 43.6 Å². The number of hydrogen-bond acceptors (Lipinski definition) is 7. The van der Waals surface area contributed by atoms with E-state index in [-0.39, 0.29) is 24.5 Å². The standard InChI is InChI=1S/C11H14BrN3O8S2.2C2H6/c12-7-5-8(10(16)13-1-3-24(18,19)20)15-9(6-7)11(17)14-2-4-25(21,22)23;2*1-2/h5-6H,1-4H2,(H,13,16)(H,14,17)(H,18,19,20)(H,21,22,23);2*1-2H3. The van der Waals surface area contributed by atoms with Gasteiger partial charge in [-0.25, -0.2) is 4.98 Å². The zero-order chi connectivity index (χ0) is 23.3. The smallest absolute Gasteiger partial charge is 0.269 e. The van der Waals surface area contributed by atoms with Crippen LogP contribution >= 0.6 is 15.9 Å². The third-order valence-corrected chi connectivity index (χ3v) is 4.44. The molecule has 1 rings (SSSR count). The van der Waals surface area contributed by atoms with Gasteiger partial charge in [-0.15, -0.1) is 0 Å². The van der Waals surface area contributed by atoms with Gasteiger partial charge >= 0.3 is 0 Å². The Bertz CT molecular complexity index is 805. The number of nitrogens with one attached hydrogen (secondary N) is 2. The van der Waals surface area contributed by atoms with Gasteiger partial charge in [-0.3, -0.25) is 18.7 Å². The molecule has 0 saturated carbocycles. The number of carbonyl (C=O) groups excluding carboxylic acids is 2. The van der Waals surface area contributed by atoms with Gasteiger partial charge in [-0.05, 0) is 12.1 Å². The van der Waals surface area contributed by atoms with E-state index in [9.17, 15) is 26.4 Å². The van der Waals surface area contributed by atoms with Crippen LogP contribution in [0.25, 0.3) is 0 Å². The van der Waals surface area contributed by atoms with E-state index in [4.69, 9.17) is 9.11 Å². The number of hydrogen-bond donors (Lipinski definition) is 4. The topological polar surface area (TPSA) is 180 Å². The van der Waals surface area contributed by atoms with E-state index in [0.29, 0.717) is 4.47 Å². The molecule has 0 radical (unpaired) electrons. The third kappa shape index (κ3) is 15.0. The number of halogens is 1. The molecule has 1 aromatic rings. The molecule has 0 saturated heterocycles. The van der Waals surface area contributed by atoms with Gasteiger partial charge in [0.05, 0.1) is 11.5 Å². The van der Waals surface area contributed by atoms with Crippen molar-refractivity contribution < 1.29 is 35.5 Å². The lowest BCUT2D eigenvalue weighted by atomic mass is 10.2. The molecular formula is C15H26BrN3O8S2. The van der Waals surface area contributed by atoms with Crippen molar-refractivity contribution in [1.29, 1.82) is 0 Å². The molecule has 0 aromatic carbocycles. The number of carbonyl (C=O) groups is 2. The van der Waals surface area contributed by atoms with Crippen molar-refractivity contribution in [3.05, 3.63) is 28.0 Å².